The molecule has 3 rings (SSSR count). The van der Waals surface area contributed by atoms with Gasteiger partial charge in [0.25, 0.3) is 9.05 Å². The minimum Gasteiger partial charge on any atom is -0.330 e. The molecule has 6 nitrogen and oxygen atoms in total. The Morgan fingerprint density at radius 1 is 1.39 bits per heavy atom. The number of rotatable bonds is 4. The van der Waals surface area contributed by atoms with Crippen LogP contribution in [-0.4, -0.2) is 27.7 Å². The van der Waals surface area contributed by atoms with E-state index in [4.69, 9.17) is 10.7 Å². The van der Waals surface area contributed by atoms with Gasteiger partial charge in [0.15, 0.2) is 0 Å². The lowest BCUT2D eigenvalue weighted by Gasteiger charge is -2.05. The van der Waals surface area contributed by atoms with Gasteiger partial charge in [0.2, 0.25) is 0 Å². The van der Waals surface area contributed by atoms with Gasteiger partial charge in [-0.3, -0.25) is 4.68 Å². The van der Waals surface area contributed by atoms with Gasteiger partial charge in [0, 0.05) is 22.9 Å². The molecule has 2 heterocycles. The first kappa shape index (κ1) is 11.7. The molecule has 8 heteroatoms. The van der Waals surface area contributed by atoms with Gasteiger partial charge in [0.05, 0.1) is 31.0 Å². The van der Waals surface area contributed by atoms with Crippen molar-refractivity contribution < 1.29 is 8.42 Å². The number of hydrogen-bond acceptors (Lipinski definition) is 4. The van der Waals surface area contributed by atoms with Crippen molar-refractivity contribution in [2.75, 3.05) is 0 Å². The molecule has 0 saturated heterocycles. The van der Waals surface area contributed by atoms with E-state index in [1.807, 2.05) is 0 Å². The third kappa shape index (κ3) is 2.28. The fraction of sp³-hybridized carbons (Fsp3) is 0.400. The predicted molar refractivity (Wildman–Crippen MR) is 64.9 cm³/mol. The second-order valence-corrected chi connectivity index (χ2v) is 6.90. The molecule has 0 unspecified atom stereocenters. The summed E-state index contributed by atoms with van der Waals surface area (Å²) in [6.45, 7) is 0.489. The summed E-state index contributed by atoms with van der Waals surface area (Å²) < 4.78 is 25.9. The highest BCUT2D eigenvalue weighted by atomic mass is 35.7. The maximum absolute atomic E-state index is 11.1. The summed E-state index contributed by atoms with van der Waals surface area (Å²) in [5.41, 5.74) is 1.01. The lowest BCUT2D eigenvalue weighted by molar-refractivity contribution is 0.606. The molecule has 0 radical (unpaired) electrons. The average molecular weight is 287 g/mol. The average Bonchev–Trinajstić information content (AvgIpc) is 2.85. The van der Waals surface area contributed by atoms with Crippen LogP contribution in [0.15, 0.2) is 29.8 Å². The van der Waals surface area contributed by atoms with E-state index >= 15 is 0 Å². The number of aromatic nitrogens is 4. The Kier molecular flexibility index (Phi) is 2.67. The molecule has 2 aromatic rings. The van der Waals surface area contributed by atoms with Crippen molar-refractivity contribution in [3.8, 4) is 0 Å². The van der Waals surface area contributed by atoms with E-state index in [-0.39, 0.29) is 4.90 Å². The molecule has 18 heavy (non-hydrogen) atoms. The van der Waals surface area contributed by atoms with E-state index < -0.39 is 9.05 Å². The highest BCUT2D eigenvalue weighted by Gasteiger charge is 2.25. The number of imidazole rings is 1. The molecule has 96 valence electrons. The molecule has 1 fully saturated rings. The molecule has 0 N–H and O–H groups in total. The summed E-state index contributed by atoms with van der Waals surface area (Å²) in [5.74, 6) is 0. The molecule has 1 aliphatic rings. The first-order valence-corrected chi connectivity index (χ1v) is 7.83. The first-order valence-electron chi connectivity index (χ1n) is 5.52. The molecule has 0 spiro atoms. The summed E-state index contributed by atoms with van der Waals surface area (Å²) in [6.07, 6.45) is 8.59. The van der Waals surface area contributed by atoms with Crippen molar-refractivity contribution in [2.45, 2.75) is 30.3 Å². The normalized spacial score (nSPS) is 16.1. The standard InChI is InChI=1S/C10H11ClN4O2S/c11-18(16,17)10-4-13-14(6-10)5-9-3-12-7-15(9)8-1-2-8/h3-4,6-8H,1-2,5H2. The quantitative estimate of drug-likeness (QED) is 0.797. The van der Waals surface area contributed by atoms with Crippen molar-refractivity contribution in [3.05, 3.63) is 30.6 Å². The van der Waals surface area contributed by atoms with Crippen LogP contribution in [-0.2, 0) is 15.6 Å². The second kappa shape index (κ2) is 4.10. The number of nitrogens with zero attached hydrogens (tertiary/aromatic N) is 4. The third-order valence-corrected chi connectivity index (χ3v) is 4.21. The summed E-state index contributed by atoms with van der Waals surface area (Å²) in [6, 6.07) is 0.536. The Hall–Kier alpha value is -1.34. The van der Waals surface area contributed by atoms with Gasteiger partial charge in [-0.15, -0.1) is 0 Å². The van der Waals surface area contributed by atoms with E-state index in [1.165, 1.54) is 25.2 Å². The van der Waals surface area contributed by atoms with Gasteiger partial charge in [-0.05, 0) is 12.8 Å². The molecule has 0 amide bonds. The first-order chi connectivity index (χ1) is 8.54. The van der Waals surface area contributed by atoms with Crippen LogP contribution in [0.4, 0.5) is 0 Å². The van der Waals surface area contributed by atoms with Crippen molar-refractivity contribution in [1.82, 2.24) is 19.3 Å². The zero-order valence-corrected chi connectivity index (χ0v) is 11.0. The number of halogens is 1. The molecular weight excluding hydrogens is 276 g/mol. The van der Waals surface area contributed by atoms with E-state index in [0.717, 1.165) is 5.69 Å². The van der Waals surface area contributed by atoms with Gasteiger partial charge >= 0.3 is 0 Å². The van der Waals surface area contributed by atoms with Crippen molar-refractivity contribution in [3.63, 3.8) is 0 Å². The third-order valence-electron chi connectivity index (χ3n) is 2.90. The van der Waals surface area contributed by atoms with Gasteiger partial charge in [-0.25, -0.2) is 13.4 Å². The van der Waals surface area contributed by atoms with Crippen molar-refractivity contribution in [1.29, 1.82) is 0 Å². The molecule has 1 aliphatic carbocycles. The highest BCUT2D eigenvalue weighted by Crippen LogP contribution is 2.35. The predicted octanol–water partition coefficient (Wildman–Crippen LogP) is 1.39. The molecule has 1 saturated carbocycles. The Balaban J connectivity index is 1.84. The van der Waals surface area contributed by atoms with Crippen LogP contribution in [0.2, 0.25) is 0 Å². The van der Waals surface area contributed by atoms with Crippen LogP contribution >= 0.6 is 10.7 Å². The van der Waals surface area contributed by atoms with Crippen LogP contribution in [0.5, 0.6) is 0 Å². The van der Waals surface area contributed by atoms with E-state index in [2.05, 4.69) is 14.6 Å². The Morgan fingerprint density at radius 3 is 2.78 bits per heavy atom. The summed E-state index contributed by atoms with van der Waals surface area (Å²) in [7, 11) is 1.54. The molecule has 0 atom stereocenters. The van der Waals surface area contributed by atoms with Gasteiger partial charge in [0.1, 0.15) is 4.90 Å². The van der Waals surface area contributed by atoms with E-state index in [1.54, 1.807) is 17.2 Å². The Morgan fingerprint density at radius 2 is 2.17 bits per heavy atom. The molecule has 0 aromatic carbocycles. The largest absolute Gasteiger partial charge is 0.330 e. The van der Waals surface area contributed by atoms with Crippen LogP contribution in [0.3, 0.4) is 0 Å². The fourth-order valence-electron chi connectivity index (χ4n) is 1.86. The summed E-state index contributed by atoms with van der Waals surface area (Å²) >= 11 is 0. The van der Waals surface area contributed by atoms with E-state index in [9.17, 15) is 8.42 Å². The zero-order valence-electron chi connectivity index (χ0n) is 9.40. The van der Waals surface area contributed by atoms with Crippen LogP contribution < -0.4 is 0 Å². The van der Waals surface area contributed by atoms with Gasteiger partial charge in [-0.1, -0.05) is 0 Å². The second-order valence-electron chi connectivity index (χ2n) is 4.33. The van der Waals surface area contributed by atoms with Crippen molar-refractivity contribution >= 4 is 19.7 Å². The summed E-state index contributed by atoms with van der Waals surface area (Å²) in [5, 5.41) is 3.99. The SMILES string of the molecule is O=S(=O)(Cl)c1cnn(Cc2cncn2C2CC2)c1. The Bertz CT molecular complexity index is 672. The van der Waals surface area contributed by atoms with Crippen LogP contribution in [0.25, 0.3) is 0 Å². The van der Waals surface area contributed by atoms with Crippen LogP contribution in [0.1, 0.15) is 24.6 Å². The monoisotopic (exact) mass is 286 g/mol. The lowest BCUT2D eigenvalue weighted by atomic mass is 10.4. The molecular formula is C10H11ClN4O2S. The van der Waals surface area contributed by atoms with Crippen LogP contribution in [0, 0.1) is 0 Å². The topological polar surface area (TPSA) is 69.8 Å². The molecule has 0 bridgehead atoms. The summed E-state index contributed by atoms with van der Waals surface area (Å²) in [4.78, 5) is 4.13. The smallest absolute Gasteiger partial charge is 0.264 e. The van der Waals surface area contributed by atoms with Crippen molar-refractivity contribution in [2.24, 2.45) is 0 Å². The maximum atomic E-state index is 11.1. The highest BCUT2D eigenvalue weighted by molar-refractivity contribution is 8.13. The Labute approximate surface area is 109 Å². The molecule has 0 aliphatic heterocycles. The minimum atomic E-state index is -3.71. The number of hydrogen-bond donors (Lipinski definition) is 0. The minimum absolute atomic E-state index is 0.0154. The van der Waals surface area contributed by atoms with E-state index in [0.29, 0.717) is 12.6 Å². The maximum Gasteiger partial charge on any atom is 0.264 e. The van der Waals surface area contributed by atoms with Gasteiger partial charge in [-0.2, -0.15) is 5.10 Å². The lowest BCUT2D eigenvalue weighted by Crippen LogP contribution is -2.06. The molecule has 2 aromatic heterocycles. The van der Waals surface area contributed by atoms with Gasteiger partial charge < -0.3 is 4.57 Å². The fourth-order valence-corrected chi connectivity index (χ4v) is 2.52. The zero-order chi connectivity index (χ0) is 12.8.